The molecule has 0 aliphatic rings. The summed E-state index contributed by atoms with van der Waals surface area (Å²) in [5, 5.41) is 25.7. The number of rotatable bonds is 9. The highest BCUT2D eigenvalue weighted by Crippen LogP contribution is 2.47. The second kappa shape index (κ2) is 10.7. The molecule has 4 aromatic rings. The van der Waals surface area contributed by atoms with Gasteiger partial charge < -0.3 is 9.64 Å². The van der Waals surface area contributed by atoms with Gasteiger partial charge in [0.2, 0.25) is 5.75 Å². The van der Waals surface area contributed by atoms with Crippen LogP contribution in [0.25, 0.3) is 0 Å². The van der Waals surface area contributed by atoms with Gasteiger partial charge in [-0.05, 0) is 67.6 Å². The summed E-state index contributed by atoms with van der Waals surface area (Å²) in [4.78, 5) is 46.4. The van der Waals surface area contributed by atoms with Gasteiger partial charge in [-0.25, -0.2) is 0 Å². The minimum atomic E-state index is -0.877. The molecule has 0 aromatic heterocycles. The Kier molecular flexibility index (Phi) is 7.19. The maximum absolute atomic E-state index is 11.8. The van der Waals surface area contributed by atoms with Crippen LogP contribution in [0.2, 0.25) is 0 Å². The quantitative estimate of drug-likeness (QED) is 0.0960. The Morgan fingerprint density at radius 1 is 0.868 bits per heavy atom. The number of non-ortho nitro benzene ring substituents is 1. The van der Waals surface area contributed by atoms with Crippen LogP contribution < -0.4 is 9.64 Å². The first-order valence-electron chi connectivity index (χ1n) is 11.2. The molecule has 0 N–H and O–H groups in total. The van der Waals surface area contributed by atoms with Gasteiger partial charge in [0.05, 0.1) is 21.6 Å². The van der Waals surface area contributed by atoms with Crippen LogP contribution in [-0.2, 0) is 0 Å². The lowest BCUT2D eigenvalue weighted by Crippen LogP contribution is -2.11. The summed E-state index contributed by atoms with van der Waals surface area (Å²) in [6.45, 7) is 3.40. The van der Waals surface area contributed by atoms with E-state index in [0.717, 1.165) is 11.6 Å². The summed E-state index contributed by atoms with van der Waals surface area (Å²) in [6.07, 6.45) is 0. The smallest absolute Gasteiger partial charge is 0.320 e. The van der Waals surface area contributed by atoms with Crippen molar-refractivity contribution in [3.63, 3.8) is 0 Å². The Labute approximate surface area is 216 Å². The number of para-hydroxylation sites is 2. The topological polar surface area (TPSA) is 145 Å². The summed E-state index contributed by atoms with van der Waals surface area (Å²) in [5.74, 6) is -0.508. The van der Waals surface area contributed by atoms with Crippen molar-refractivity contribution in [1.29, 1.82) is 0 Å². The van der Waals surface area contributed by atoms with E-state index in [2.05, 4.69) is 5.18 Å². The van der Waals surface area contributed by atoms with E-state index in [1.54, 1.807) is 48.5 Å². The van der Waals surface area contributed by atoms with E-state index in [1.165, 1.54) is 6.92 Å². The molecule has 0 radical (unpaired) electrons. The molecule has 38 heavy (non-hydrogen) atoms. The lowest BCUT2D eigenvalue weighted by Gasteiger charge is -2.27. The van der Waals surface area contributed by atoms with Gasteiger partial charge in [-0.3, -0.25) is 25.0 Å². The molecule has 11 heteroatoms. The third-order valence-electron chi connectivity index (χ3n) is 5.68. The molecule has 0 heterocycles. The number of carbonyl (C=O) groups excluding carboxylic acids is 1. The third-order valence-corrected chi connectivity index (χ3v) is 5.68. The number of Topliss-reactive ketones (excluding diaryl/α,β-unsaturated/α-hetero) is 1. The molecule has 0 unspecified atom stereocenters. The molecule has 11 nitrogen and oxygen atoms in total. The minimum Gasteiger partial charge on any atom is -0.445 e. The monoisotopic (exact) mass is 512 g/mol. The summed E-state index contributed by atoms with van der Waals surface area (Å²) in [5.41, 5.74) is 1.31. The number of nitroso groups, excluding NO2 is 1. The van der Waals surface area contributed by atoms with E-state index < -0.39 is 32.7 Å². The number of nitro benzene ring substituents is 2. The van der Waals surface area contributed by atoms with Crippen molar-refractivity contribution in [3.05, 3.63) is 121 Å². The van der Waals surface area contributed by atoms with E-state index in [1.807, 2.05) is 36.1 Å². The first kappa shape index (κ1) is 25.6. The summed E-state index contributed by atoms with van der Waals surface area (Å²) in [6, 6.07) is 22.6. The predicted molar refractivity (Wildman–Crippen MR) is 141 cm³/mol. The fraction of sp³-hybridized carbons (Fsp3) is 0.0741. The Morgan fingerprint density at radius 2 is 1.47 bits per heavy atom. The van der Waals surface area contributed by atoms with Crippen molar-refractivity contribution in [2.24, 2.45) is 5.18 Å². The zero-order valence-electron chi connectivity index (χ0n) is 20.2. The van der Waals surface area contributed by atoms with Gasteiger partial charge in [-0.1, -0.05) is 29.8 Å². The summed E-state index contributed by atoms with van der Waals surface area (Å²) in [7, 11) is 0. The molecule has 4 rings (SSSR count). The number of aryl methyl sites for hydroxylation is 1. The fourth-order valence-electron chi connectivity index (χ4n) is 3.80. The molecule has 190 valence electrons. The Bertz CT molecular complexity index is 1550. The number of nitrogens with zero attached hydrogens (tertiary/aromatic N) is 4. The Balaban J connectivity index is 1.90. The van der Waals surface area contributed by atoms with Crippen LogP contribution in [0.5, 0.6) is 11.5 Å². The van der Waals surface area contributed by atoms with Crippen LogP contribution in [0, 0.1) is 32.1 Å². The average Bonchev–Trinajstić information content (AvgIpc) is 2.90. The summed E-state index contributed by atoms with van der Waals surface area (Å²) < 4.78 is 5.91. The lowest BCUT2D eigenvalue weighted by molar-refractivity contribution is -0.394. The van der Waals surface area contributed by atoms with Crippen LogP contribution in [0.3, 0.4) is 0 Å². The van der Waals surface area contributed by atoms with Crippen molar-refractivity contribution in [2.45, 2.75) is 13.8 Å². The maximum atomic E-state index is 11.8. The molecule has 0 aliphatic carbocycles. The number of carbonyl (C=O) groups is 1. The van der Waals surface area contributed by atoms with Gasteiger partial charge in [0.25, 0.3) is 5.69 Å². The number of hydrogen-bond donors (Lipinski definition) is 0. The van der Waals surface area contributed by atoms with E-state index in [9.17, 15) is 29.9 Å². The van der Waals surface area contributed by atoms with Crippen molar-refractivity contribution < 1.29 is 19.4 Å². The molecule has 0 atom stereocenters. The van der Waals surface area contributed by atoms with Crippen LogP contribution in [0.4, 0.5) is 34.1 Å². The number of ether oxygens (including phenoxy) is 1. The van der Waals surface area contributed by atoms with Gasteiger partial charge in [0, 0.05) is 23.0 Å². The average molecular weight is 512 g/mol. The van der Waals surface area contributed by atoms with Crippen LogP contribution >= 0.6 is 0 Å². The van der Waals surface area contributed by atoms with Crippen molar-refractivity contribution in [2.75, 3.05) is 4.90 Å². The molecule has 0 amide bonds. The van der Waals surface area contributed by atoms with Gasteiger partial charge in [0.1, 0.15) is 0 Å². The second-order valence-electron chi connectivity index (χ2n) is 8.26. The fourth-order valence-corrected chi connectivity index (χ4v) is 3.80. The van der Waals surface area contributed by atoms with Crippen LogP contribution in [0.1, 0.15) is 22.8 Å². The van der Waals surface area contributed by atoms with E-state index in [-0.39, 0.29) is 11.5 Å². The molecule has 0 saturated heterocycles. The predicted octanol–water partition coefficient (Wildman–Crippen LogP) is 7.67. The molecule has 0 aliphatic heterocycles. The van der Waals surface area contributed by atoms with Crippen molar-refractivity contribution >= 4 is 39.9 Å². The first-order chi connectivity index (χ1) is 18.2. The molecular formula is C27H20N4O7. The van der Waals surface area contributed by atoms with Crippen LogP contribution in [-0.4, -0.2) is 15.6 Å². The largest absolute Gasteiger partial charge is 0.445 e. The minimum absolute atomic E-state index is 0.0958. The molecule has 0 spiro atoms. The summed E-state index contributed by atoms with van der Waals surface area (Å²) >= 11 is 0. The van der Waals surface area contributed by atoms with Crippen molar-refractivity contribution in [3.8, 4) is 11.5 Å². The Morgan fingerprint density at radius 3 is 2.03 bits per heavy atom. The highest BCUT2D eigenvalue weighted by Gasteiger charge is 2.28. The zero-order valence-corrected chi connectivity index (χ0v) is 20.2. The molecule has 0 bridgehead atoms. The number of ketones is 1. The number of anilines is 3. The number of nitro groups is 2. The number of benzene rings is 4. The van der Waals surface area contributed by atoms with Gasteiger partial charge in [-0.2, -0.15) is 0 Å². The molecule has 0 fully saturated rings. The molecule has 4 aromatic carbocycles. The maximum Gasteiger partial charge on any atom is 0.320 e. The van der Waals surface area contributed by atoms with E-state index in [4.69, 9.17) is 4.74 Å². The van der Waals surface area contributed by atoms with Crippen molar-refractivity contribution in [1.82, 2.24) is 0 Å². The van der Waals surface area contributed by atoms with E-state index >= 15 is 0 Å². The second-order valence-corrected chi connectivity index (χ2v) is 8.26. The third kappa shape index (κ3) is 5.21. The highest BCUT2D eigenvalue weighted by atomic mass is 16.6. The molecular weight excluding hydrogens is 492 g/mol. The van der Waals surface area contributed by atoms with Gasteiger partial charge in [-0.15, -0.1) is 4.91 Å². The van der Waals surface area contributed by atoms with Gasteiger partial charge in [0.15, 0.2) is 17.2 Å². The van der Waals surface area contributed by atoms with Crippen LogP contribution in [0.15, 0.2) is 90.1 Å². The van der Waals surface area contributed by atoms with Gasteiger partial charge >= 0.3 is 5.69 Å². The normalized spacial score (nSPS) is 10.5. The van der Waals surface area contributed by atoms with E-state index in [0.29, 0.717) is 28.7 Å². The Hall–Kier alpha value is -5.45. The first-order valence-corrected chi connectivity index (χ1v) is 11.2. The standard InChI is InChI=1S/C27H20N4O7/c1-17-7-11-20(12-8-17)29(21-13-9-19(10-14-21)18(2)32)24-5-3-4-6-26(24)38-27-23(28-33)15-22(30(34)35)16-25(27)31(36)37/h3-16H,1-2H3. The molecule has 0 saturated carbocycles. The lowest BCUT2D eigenvalue weighted by atomic mass is 10.1. The zero-order chi connectivity index (χ0) is 27.4. The SMILES string of the molecule is CC(=O)c1ccc(N(c2ccc(C)cc2)c2ccccc2Oc2c(N=O)cc([N+](=O)[O-])cc2[N+](=O)[O-])cc1. The number of hydrogen-bond acceptors (Lipinski definition) is 9. The highest BCUT2D eigenvalue weighted by molar-refractivity contribution is 5.94.